The van der Waals surface area contributed by atoms with Gasteiger partial charge in [-0.3, -0.25) is 4.79 Å². The smallest absolute Gasteiger partial charge is 0.309 e. The van der Waals surface area contributed by atoms with Crippen LogP contribution in [0.15, 0.2) is 42.5 Å². The number of aliphatic hydroxyl groups is 1. The van der Waals surface area contributed by atoms with Crippen molar-refractivity contribution in [2.75, 3.05) is 6.61 Å². The van der Waals surface area contributed by atoms with E-state index in [0.717, 1.165) is 16.9 Å². The van der Waals surface area contributed by atoms with Crippen molar-refractivity contribution in [2.24, 2.45) is 5.92 Å². The monoisotopic (exact) mass is 360 g/mol. The molecular weight excluding hydrogens is 340 g/mol. The number of aliphatic carboxylic acids is 1. The maximum atomic E-state index is 11.7. The van der Waals surface area contributed by atoms with Crippen LogP contribution in [0.2, 0.25) is 5.02 Å². The second-order valence-corrected chi connectivity index (χ2v) is 7.59. The second kappa shape index (κ2) is 6.70. The quantitative estimate of drug-likeness (QED) is 0.846. The summed E-state index contributed by atoms with van der Waals surface area (Å²) in [5.41, 5.74) is 2.34. The zero-order valence-electron chi connectivity index (χ0n) is 14.2. The predicted molar refractivity (Wildman–Crippen MR) is 96.2 cm³/mol. The Morgan fingerprint density at radius 1 is 1.28 bits per heavy atom. The summed E-state index contributed by atoms with van der Waals surface area (Å²) in [6.45, 7) is 4.80. The van der Waals surface area contributed by atoms with Crippen LogP contribution < -0.4 is 4.74 Å². The van der Waals surface area contributed by atoms with E-state index in [9.17, 15) is 15.0 Å². The van der Waals surface area contributed by atoms with Crippen LogP contribution in [-0.4, -0.2) is 22.8 Å². The minimum absolute atomic E-state index is 0.102. The van der Waals surface area contributed by atoms with Gasteiger partial charge in [-0.1, -0.05) is 49.7 Å². The molecule has 0 fully saturated rings. The molecule has 2 aromatic carbocycles. The lowest BCUT2D eigenvalue weighted by molar-refractivity contribution is -0.145. The maximum Gasteiger partial charge on any atom is 0.309 e. The Morgan fingerprint density at radius 2 is 2.04 bits per heavy atom. The summed E-state index contributed by atoms with van der Waals surface area (Å²) in [5.74, 6) is -1.15. The van der Waals surface area contributed by atoms with Crippen LogP contribution in [0, 0.1) is 5.92 Å². The van der Waals surface area contributed by atoms with Crippen molar-refractivity contribution in [1.29, 1.82) is 0 Å². The van der Waals surface area contributed by atoms with Crippen LogP contribution in [0.5, 0.6) is 5.75 Å². The highest BCUT2D eigenvalue weighted by atomic mass is 35.5. The Morgan fingerprint density at radius 3 is 2.72 bits per heavy atom. The van der Waals surface area contributed by atoms with Gasteiger partial charge in [0.15, 0.2) is 0 Å². The molecule has 132 valence electrons. The molecule has 4 nitrogen and oxygen atoms in total. The average molecular weight is 361 g/mol. The summed E-state index contributed by atoms with van der Waals surface area (Å²) >= 11 is 5.96. The molecule has 0 aliphatic carbocycles. The van der Waals surface area contributed by atoms with Gasteiger partial charge < -0.3 is 14.9 Å². The van der Waals surface area contributed by atoms with E-state index in [4.69, 9.17) is 16.3 Å². The van der Waals surface area contributed by atoms with E-state index in [1.54, 1.807) is 24.3 Å². The number of aliphatic hydroxyl groups excluding tert-OH is 1. The van der Waals surface area contributed by atoms with E-state index < -0.39 is 18.0 Å². The molecule has 2 N–H and O–H groups in total. The van der Waals surface area contributed by atoms with Crippen LogP contribution in [0.3, 0.4) is 0 Å². The minimum atomic E-state index is -1.13. The Labute approximate surface area is 152 Å². The second-order valence-electron chi connectivity index (χ2n) is 7.15. The fourth-order valence-electron chi connectivity index (χ4n) is 3.21. The summed E-state index contributed by atoms with van der Waals surface area (Å²) in [7, 11) is 0. The summed E-state index contributed by atoms with van der Waals surface area (Å²) < 4.78 is 5.67. The van der Waals surface area contributed by atoms with Crippen LogP contribution in [0.25, 0.3) is 0 Å². The molecule has 3 rings (SSSR count). The van der Waals surface area contributed by atoms with Crippen molar-refractivity contribution < 1.29 is 19.7 Å². The molecule has 25 heavy (non-hydrogen) atoms. The number of hydrogen-bond donors (Lipinski definition) is 2. The van der Waals surface area contributed by atoms with Gasteiger partial charge in [-0.15, -0.1) is 0 Å². The first-order valence-corrected chi connectivity index (χ1v) is 8.58. The third kappa shape index (κ3) is 3.65. The molecule has 0 bridgehead atoms. The van der Waals surface area contributed by atoms with Crippen LogP contribution in [0.4, 0.5) is 0 Å². The van der Waals surface area contributed by atoms with Gasteiger partial charge in [0.05, 0.1) is 18.6 Å². The molecule has 0 radical (unpaired) electrons. The Hall–Kier alpha value is -2.04. The number of carboxylic acid groups (broad SMARTS) is 1. The summed E-state index contributed by atoms with van der Waals surface area (Å²) in [5, 5.41) is 20.7. The van der Waals surface area contributed by atoms with Crippen LogP contribution >= 0.6 is 11.6 Å². The first kappa shape index (κ1) is 17.8. The van der Waals surface area contributed by atoms with E-state index >= 15 is 0 Å². The van der Waals surface area contributed by atoms with E-state index in [-0.39, 0.29) is 11.8 Å². The topological polar surface area (TPSA) is 66.8 Å². The molecule has 1 aliphatic rings. The third-order valence-electron chi connectivity index (χ3n) is 4.71. The molecule has 1 heterocycles. The lowest BCUT2D eigenvalue weighted by Gasteiger charge is -2.21. The predicted octanol–water partition coefficient (Wildman–Crippen LogP) is 3.99. The Balaban J connectivity index is 1.87. The van der Waals surface area contributed by atoms with Gasteiger partial charge in [-0.05, 0) is 35.7 Å². The highest BCUT2D eigenvalue weighted by Crippen LogP contribution is 2.39. The normalized spacial score (nSPS) is 17.4. The minimum Gasteiger partial charge on any atom is -0.492 e. The zero-order valence-corrected chi connectivity index (χ0v) is 15.0. The fraction of sp³-hybridized carbons (Fsp3) is 0.350. The van der Waals surface area contributed by atoms with Crippen molar-refractivity contribution in [3.63, 3.8) is 0 Å². The van der Waals surface area contributed by atoms with Gasteiger partial charge >= 0.3 is 5.97 Å². The summed E-state index contributed by atoms with van der Waals surface area (Å²) in [6.07, 6.45) is -0.902. The molecule has 2 unspecified atom stereocenters. The van der Waals surface area contributed by atoms with Gasteiger partial charge in [0.1, 0.15) is 5.75 Å². The highest BCUT2D eigenvalue weighted by Gasteiger charge is 2.33. The third-order valence-corrected chi connectivity index (χ3v) is 4.94. The molecule has 0 saturated carbocycles. The van der Waals surface area contributed by atoms with Crippen molar-refractivity contribution in [3.8, 4) is 5.75 Å². The lowest BCUT2D eigenvalue weighted by atomic mass is 9.84. The summed E-state index contributed by atoms with van der Waals surface area (Å²) in [4.78, 5) is 11.7. The number of hydrogen-bond acceptors (Lipinski definition) is 3. The summed E-state index contributed by atoms with van der Waals surface area (Å²) in [6, 6.07) is 12.4. The van der Waals surface area contributed by atoms with E-state index in [1.165, 1.54) is 0 Å². The first-order chi connectivity index (χ1) is 11.8. The van der Waals surface area contributed by atoms with Gasteiger partial charge in [0, 0.05) is 16.0 Å². The van der Waals surface area contributed by atoms with Gasteiger partial charge in [0.25, 0.3) is 0 Å². The van der Waals surface area contributed by atoms with Crippen molar-refractivity contribution in [2.45, 2.75) is 31.8 Å². The van der Waals surface area contributed by atoms with Gasteiger partial charge in [-0.2, -0.15) is 0 Å². The number of halogens is 1. The average Bonchev–Trinajstić information content (AvgIpc) is 2.87. The number of carboxylic acids is 1. The molecule has 2 atom stereocenters. The van der Waals surface area contributed by atoms with E-state index in [1.807, 2.05) is 18.2 Å². The number of rotatable bonds is 5. The van der Waals surface area contributed by atoms with Crippen molar-refractivity contribution >= 4 is 17.6 Å². The largest absolute Gasteiger partial charge is 0.492 e. The zero-order chi connectivity index (χ0) is 18.2. The maximum absolute atomic E-state index is 11.7. The molecule has 5 heteroatoms. The van der Waals surface area contributed by atoms with Crippen molar-refractivity contribution in [1.82, 2.24) is 0 Å². The SMILES string of the molecule is CC1(C)COc2ccc(CC(C(=O)O)C(O)c3cccc(Cl)c3)cc21. The van der Waals surface area contributed by atoms with E-state index in [2.05, 4.69) is 13.8 Å². The Bertz CT molecular complexity index is 800. The van der Waals surface area contributed by atoms with Crippen molar-refractivity contribution in [3.05, 3.63) is 64.2 Å². The van der Waals surface area contributed by atoms with Gasteiger partial charge in [-0.25, -0.2) is 0 Å². The number of carbonyl (C=O) groups is 1. The molecule has 0 aromatic heterocycles. The Kier molecular flexibility index (Phi) is 4.76. The number of ether oxygens (including phenoxy) is 1. The van der Waals surface area contributed by atoms with Gasteiger partial charge in [0.2, 0.25) is 0 Å². The molecule has 1 aliphatic heterocycles. The lowest BCUT2D eigenvalue weighted by Crippen LogP contribution is -2.24. The molecule has 0 amide bonds. The highest BCUT2D eigenvalue weighted by molar-refractivity contribution is 6.30. The molecule has 0 spiro atoms. The fourth-order valence-corrected chi connectivity index (χ4v) is 3.40. The molecule has 2 aromatic rings. The standard InChI is InChI=1S/C20H21ClO4/c1-20(2)11-25-17-7-6-12(9-16(17)20)8-15(19(23)24)18(22)13-4-3-5-14(21)10-13/h3-7,9-10,15,18,22H,8,11H2,1-2H3,(H,23,24). The number of benzene rings is 2. The molecule has 0 saturated heterocycles. The molecular formula is C20H21ClO4. The van der Waals surface area contributed by atoms with Crippen LogP contribution in [0.1, 0.15) is 36.6 Å². The van der Waals surface area contributed by atoms with Crippen LogP contribution in [-0.2, 0) is 16.6 Å². The van der Waals surface area contributed by atoms with E-state index in [0.29, 0.717) is 17.2 Å². The first-order valence-electron chi connectivity index (χ1n) is 8.20. The number of fused-ring (bicyclic) bond motifs is 1.